The van der Waals surface area contributed by atoms with Crippen molar-refractivity contribution in [2.75, 3.05) is 6.54 Å². The molecular weight excluding hydrogens is 240 g/mol. The lowest BCUT2D eigenvalue weighted by atomic mass is 9.87. The number of hydrogen-bond donors (Lipinski definition) is 1. The summed E-state index contributed by atoms with van der Waals surface area (Å²) in [7, 11) is 0. The molecule has 4 heteroatoms. The van der Waals surface area contributed by atoms with Gasteiger partial charge in [0.2, 0.25) is 0 Å². The zero-order chi connectivity index (χ0) is 14.4. The van der Waals surface area contributed by atoms with Crippen LogP contribution in [-0.4, -0.2) is 17.5 Å². The van der Waals surface area contributed by atoms with Gasteiger partial charge in [0.15, 0.2) is 0 Å². The molecule has 1 N–H and O–H groups in total. The summed E-state index contributed by atoms with van der Waals surface area (Å²) in [6.45, 7) is 9.22. The van der Waals surface area contributed by atoms with Gasteiger partial charge in [0, 0.05) is 23.6 Å². The Hall–Kier alpha value is -1.42. The Morgan fingerprint density at radius 3 is 2.58 bits per heavy atom. The van der Waals surface area contributed by atoms with Gasteiger partial charge in [0.05, 0.1) is 4.92 Å². The Morgan fingerprint density at radius 2 is 2.05 bits per heavy atom. The topological polar surface area (TPSA) is 55.2 Å². The Bertz CT molecular complexity index is 432. The molecule has 0 amide bonds. The zero-order valence-corrected chi connectivity index (χ0v) is 12.3. The summed E-state index contributed by atoms with van der Waals surface area (Å²) in [4.78, 5) is 10.9. The fourth-order valence-corrected chi connectivity index (χ4v) is 2.62. The number of nitrogens with one attached hydrogen (secondary N) is 1. The summed E-state index contributed by atoms with van der Waals surface area (Å²) < 4.78 is 0. The van der Waals surface area contributed by atoms with Crippen molar-refractivity contribution in [3.63, 3.8) is 0 Å². The normalized spacial score (nSPS) is 14.1. The van der Waals surface area contributed by atoms with Crippen molar-refractivity contribution in [2.24, 2.45) is 0 Å². The molecule has 0 saturated heterocycles. The molecule has 2 atom stereocenters. The average molecular weight is 264 g/mol. The van der Waals surface area contributed by atoms with Gasteiger partial charge in [-0.1, -0.05) is 32.9 Å². The highest BCUT2D eigenvalue weighted by Gasteiger charge is 2.25. The number of benzene rings is 1. The molecule has 106 valence electrons. The van der Waals surface area contributed by atoms with Crippen molar-refractivity contribution in [2.45, 2.75) is 52.5 Å². The molecule has 19 heavy (non-hydrogen) atoms. The first-order chi connectivity index (χ1) is 9.02. The van der Waals surface area contributed by atoms with Gasteiger partial charge in [0.25, 0.3) is 5.69 Å². The number of hydrogen-bond acceptors (Lipinski definition) is 3. The molecule has 0 fully saturated rings. The van der Waals surface area contributed by atoms with E-state index in [1.165, 1.54) is 0 Å². The van der Waals surface area contributed by atoms with E-state index < -0.39 is 0 Å². The predicted octanol–water partition coefficient (Wildman–Crippen LogP) is 3.78. The predicted molar refractivity (Wildman–Crippen MR) is 78.6 cm³/mol. The lowest BCUT2D eigenvalue weighted by Crippen LogP contribution is -2.34. The van der Waals surface area contributed by atoms with Gasteiger partial charge in [-0.25, -0.2) is 0 Å². The highest BCUT2D eigenvalue weighted by Crippen LogP contribution is 2.32. The van der Waals surface area contributed by atoms with Crippen LogP contribution in [0.25, 0.3) is 0 Å². The molecule has 4 nitrogen and oxygen atoms in total. The van der Waals surface area contributed by atoms with Crippen LogP contribution in [0.15, 0.2) is 18.2 Å². The van der Waals surface area contributed by atoms with E-state index in [2.05, 4.69) is 26.1 Å². The molecule has 0 aliphatic heterocycles. The maximum atomic E-state index is 11.2. The van der Waals surface area contributed by atoms with E-state index in [1.807, 2.05) is 13.0 Å². The molecule has 1 aromatic carbocycles. The number of rotatable bonds is 7. The number of nitro benzene ring substituents is 1. The van der Waals surface area contributed by atoms with Crippen molar-refractivity contribution in [1.29, 1.82) is 0 Å². The Labute approximate surface area is 115 Å². The molecular formula is C15H24N2O2. The summed E-state index contributed by atoms with van der Waals surface area (Å²) in [5.74, 6) is 0.137. The number of nitrogens with zero attached hydrogens (tertiary/aromatic N) is 1. The second-order valence-electron chi connectivity index (χ2n) is 5.02. The molecule has 0 heterocycles. The van der Waals surface area contributed by atoms with Gasteiger partial charge in [-0.2, -0.15) is 0 Å². The minimum atomic E-state index is -0.272. The number of aryl methyl sites for hydroxylation is 1. The van der Waals surface area contributed by atoms with Crippen LogP contribution < -0.4 is 5.32 Å². The third-order valence-electron chi connectivity index (χ3n) is 3.65. The lowest BCUT2D eigenvalue weighted by molar-refractivity contribution is -0.385. The quantitative estimate of drug-likeness (QED) is 0.602. The maximum Gasteiger partial charge on any atom is 0.273 e. The highest BCUT2D eigenvalue weighted by atomic mass is 16.6. The SMILES string of the molecule is CCCNC(CC)C(C)c1c(C)cccc1[N+](=O)[O-]. The van der Waals surface area contributed by atoms with Crippen molar-refractivity contribution >= 4 is 5.69 Å². The van der Waals surface area contributed by atoms with Gasteiger partial charge >= 0.3 is 0 Å². The Kier molecular flexibility index (Phi) is 5.96. The minimum absolute atomic E-state index is 0.137. The Morgan fingerprint density at radius 1 is 1.37 bits per heavy atom. The Balaban J connectivity index is 3.09. The highest BCUT2D eigenvalue weighted by molar-refractivity contribution is 5.47. The molecule has 0 aliphatic rings. The number of nitro groups is 1. The van der Waals surface area contributed by atoms with Crippen LogP contribution in [0.3, 0.4) is 0 Å². The standard InChI is InChI=1S/C15H24N2O2/c1-5-10-16-13(6-2)12(4)15-11(3)8-7-9-14(15)17(18)19/h7-9,12-13,16H,5-6,10H2,1-4H3. The van der Waals surface area contributed by atoms with E-state index in [9.17, 15) is 10.1 Å². The van der Waals surface area contributed by atoms with Gasteiger partial charge in [-0.05, 0) is 31.9 Å². The fourth-order valence-electron chi connectivity index (χ4n) is 2.62. The molecule has 0 spiro atoms. The van der Waals surface area contributed by atoms with E-state index in [0.29, 0.717) is 0 Å². The van der Waals surface area contributed by atoms with Gasteiger partial charge in [0.1, 0.15) is 0 Å². The molecule has 0 bridgehead atoms. The first-order valence-electron chi connectivity index (χ1n) is 7.00. The molecule has 0 saturated carbocycles. The van der Waals surface area contributed by atoms with Gasteiger partial charge in [-0.3, -0.25) is 10.1 Å². The molecule has 0 aromatic heterocycles. The van der Waals surface area contributed by atoms with Crippen LogP contribution >= 0.6 is 0 Å². The minimum Gasteiger partial charge on any atom is -0.313 e. The van der Waals surface area contributed by atoms with E-state index in [1.54, 1.807) is 12.1 Å². The lowest BCUT2D eigenvalue weighted by Gasteiger charge is -2.25. The fraction of sp³-hybridized carbons (Fsp3) is 0.600. The van der Waals surface area contributed by atoms with Crippen LogP contribution in [0.1, 0.15) is 50.7 Å². The molecule has 0 aliphatic carbocycles. The van der Waals surface area contributed by atoms with Crippen LogP contribution in [0.5, 0.6) is 0 Å². The summed E-state index contributed by atoms with van der Waals surface area (Å²) in [6.07, 6.45) is 2.03. The summed E-state index contributed by atoms with van der Waals surface area (Å²) >= 11 is 0. The average Bonchev–Trinajstić information content (AvgIpc) is 2.38. The monoisotopic (exact) mass is 264 g/mol. The first kappa shape index (κ1) is 15.6. The largest absolute Gasteiger partial charge is 0.313 e. The molecule has 0 radical (unpaired) electrons. The van der Waals surface area contributed by atoms with E-state index >= 15 is 0 Å². The first-order valence-corrected chi connectivity index (χ1v) is 7.00. The van der Waals surface area contributed by atoms with Crippen LogP contribution in [0.2, 0.25) is 0 Å². The van der Waals surface area contributed by atoms with Crippen molar-refractivity contribution in [3.05, 3.63) is 39.4 Å². The van der Waals surface area contributed by atoms with E-state index in [0.717, 1.165) is 30.5 Å². The molecule has 1 rings (SSSR count). The van der Waals surface area contributed by atoms with Gasteiger partial charge < -0.3 is 5.32 Å². The van der Waals surface area contributed by atoms with Crippen molar-refractivity contribution < 1.29 is 4.92 Å². The molecule has 2 unspecified atom stereocenters. The van der Waals surface area contributed by atoms with E-state index in [-0.39, 0.29) is 22.6 Å². The third kappa shape index (κ3) is 3.77. The van der Waals surface area contributed by atoms with Crippen molar-refractivity contribution in [1.82, 2.24) is 5.32 Å². The maximum absolute atomic E-state index is 11.2. The summed E-state index contributed by atoms with van der Waals surface area (Å²) in [5, 5.41) is 14.7. The second kappa shape index (κ2) is 7.24. The van der Waals surface area contributed by atoms with Crippen LogP contribution in [0.4, 0.5) is 5.69 Å². The van der Waals surface area contributed by atoms with Crippen LogP contribution in [-0.2, 0) is 0 Å². The van der Waals surface area contributed by atoms with E-state index in [4.69, 9.17) is 0 Å². The van der Waals surface area contributed by atoms with Gasteiger partial charge in [-0.15, -0.1) is 0 Å². The second-order valence-corrected chi connectivity index (χ2v) is 5.02. The summed E-state index contributed by atoms with van der Waals surface area (Å²) in [6, 6.07) is 5.58. The molecule has 1 aromatic rings. The zero-order valence-electron chi connectivity index (χ0n) is 12.3. The smallest absolute Gasteiger partial charge is 0.273 e. The van der Waals surface area contributed by atoms with Crippen LogP contribution in [0, 0.1) is 17.0 Å². The summed E-state index contributed by atoms with van der Waals surface area (Å²) in [5.41, 5.74) is 2.10. The third-order valence-corrected chi connectivity index (χ3v) is 3.65. The van der Waals surface area contributed by atoms with Crippen molar-refractivity contribution in [3.8, 4) is 0 Å².